The number of ether oxygens (including phenoxy) is 2. The third kappa shape index (κ3) is 11.9. The van der Waals surface area contributed by atoms with Crippen molar-refractivity contribution in [2.75, 3.05) is 25.0 Å². The fourth-order valence-corrected chi connectivity index (χ4v) is 5.20. The molecule has 0 aliphatic carbocycles. The molecule has 4 N–H and O–H groups in total. The molecule has 1 aliphatic rings. The summed E-state index contributed by atoms with van der Waals surface area (Å²) in [6, 6.07) is -1.24. The average Bonchev–Trinajstić information content (AvgIpc) is 3.31. The number of amides is 3. The highest BCUT2D eigenvalue weighted by molar-refractivity contribution is 7.14. The Labute approximate surface area is 277 Å². The van der Waals surface area contributed by atoms with Gasteiger partial charge in [0.25, 0.3) is 5.91 Å². The number of thiazole rings is 1. The van der Waals surface area contributed by atoms with E-state index in [-0.39, 0.29) is 33.5 Å². The van der Waals surface area contributed by atoms with Crippen molar-refractivity contribution in [2.24, 2.45) is 5.16 Å². The molecule has 1 saturated heterocycles. The Balaban J connectivity index is 2.18. The zero-order valence-electron chi connectivity index (χ0n) is 29.4. The van der Waals surface area contributed by atoms with Crippen molar-refractivity contribution in [1.82, 2.24) is 20.9 Å². The number of hydrogen-bond donors (Lipinski definition) is 4. The third-order valence-corrected chi connectivity index (χ3v) is 12.3. The molecule has 46 heavy (non-hydrogen) atoms. The number of esters is 1. The van der Waals surface area contributed by atoms with E-state index in [9.17, 15) is 19.2 Å². The maximum Gasteiger partial charge on any atom is 0.413 e. The number of rotatable bonds is 13. The lowest BCUT2D eigenvalue weighted by Crippen LogP contribution is -2.72. The number of β-lactam (4-membered cyclic amide) rings is 1. The summed E-state index contributed by atoms with van der Waals surface area (Å²) in [6.45, 7) is 25.6. The van der Waals surface area contributed by atoms with Crippen LogP contribution in [0, 0.1) is 0 Å². The summed E-state index contributed by atoms with van der Waals surface area (Å²) < 4.78 is 16.9. The van der Waals surface area contributed by atoms with Crippen LogP contribution in [0.15, 0.2) is 10.5 Å². The molecule has 0 aromatic carbocycles. The van der Waals surface area contributed by atoms with Gasteiger partial charge in [0, 0.05) is 25.1 Å². The number of aromatic nitrogens is 1. The smallest absolute Gasteiger partial charge is 0.413 e. The minimum atomic E-state index is -1.88. The van der Waals surface area contributed by atoms with Gasteiger partial charge in [-0.05, 0) is 73.5 Å². The van der Waals surface area contributed by atoms with Crippen LogP contribution in [0.25, 0.3) is 0 Å². The van der Waals surface area contributed by atoms with Crippen molar-refractivity contribution < 1.29 is 37.9 Å². The van der Waals surface area contributed by atoms with Crippen LogP contribution < -0.4 is 21.3 Å². The first-order chi connectivity index (χ1) is 20.8. The Morgan fingerprint density at radius 1 is 1.00 bits per heavy atom. The quantitative estimate of drug-likeness (QED) is 0.0594. The largest absolute Gasteiger partial charge is 0.457 e. The molecule has 0 bridgehead atoms. The van der Waals surface area contributed by atoms with Crippen LogP contribution in [0.1, 0.15) is 81.9 Å². The molecule has 0 saturated carbocycles. The molecule has 14 nitrogen and oxygen atoms in total. The molecule has 16 heteroatoms. The van der Waals surface area contributed by atoms with Gasteiger partial charge in [0.05, 0.1) is 6.04 Å². The van der Waals surface area contributed by atoms with Gasteiger partial charge in [0.2, 0.25) is 11.5 Å². The second kappa shape index (κ2) is 14.8. The predicted octanol–water partition coefficient (Wildman–Crippen LogP) is 3.93. The molecule has 1 aromatic heterocycles. The second-order valence-electron chi connectivity index (χ2n) is 15.1. The SMILES string of the molecule is CC(C)(C)OC(=O)Nc1nc(/C(=N\OC(C)(C)C(=O)OC(C)(C)C)C(=O)N[C@@H]2C(=O)N[C@@H]2CNCCO[Si](C)(C)C(C)(C)C)cs1. The van der Waals surface area contributed by atoms with Gasteiger partial charge >= 0.3 is 12.1 Å². The van der Waals surface area contributed by atoms with Crippen LogP contribution >= 0.6 is 11.3 Å². The van der Waals surface area contributed by atoms with Crippen molar-refractivity contribution in [3.63, 3.8) is 0 Å². The van der Waals surface area contributed by atoms with Gasteiger partial charge in [0.1, 0.15) is 22.9 Å². The monoisotopic (exact) mass is 684 g/mol. The molecule has 3 amide bonds. The van der Waals surface area contributed by atoms with E-state index in [1.54, 1.807) is 41.5 Å². The molecule has 0 spiro atoms. The minimum absolute atomic E-state index is 0.0470. The fourth-order valence-electron chi connectivity index (χ4n) is 3.47. The molecular formula is C30H52N6O8SSi. The van der Waals surface area contributed by atoms with E-state index in [1.807, 2.05) is 0 Å². The van der Waals surface area contributed by atoms with Gasteiger partial charge < -0.3 is 34.7 Å². The van der Waals surface area contributed by atoms with Crippen LogP contribution in [0.3, 0.4) is 0 Å². The maximum atomic E-state index is 13.6. The Bertz CT molecular complexity index is 1290. The van der Waals surface area contributed by atoms with Gasteiger partial charge in [-0.25, -0.2) is 14.6 Å². The van der Waals surface area contributed by atoms with Gasteiger partial charge in [-0.2, -0.15) is 0 Å². The summed E-state index contributed by atoms with van der Waals surface area (Å²) >= 11 is 1.03. The Morgan fingerprint density at radius 3 is 2.15 bits per heavy atom. The van der Waals surface area contributed by atoms with Crippen LogP contribution in [-0.4, -0.2) is 91.5 Å². The van der Waals surface area contributed by atoms with Crippen LogP contribution in [0.4, 0.5) is 9.93 Å². The van der Waals surface area contributed by atoms with Crippen LogP contribution in [0.2, 0.25) is 18.1 Å². The summed E-state index contributed by atoms with van der Waals surface area (Å²) in [6.07, 6.45) is -0.727. The molecule has 1 aromatic rings. The normalized spacial score (nSPS) is 17.8. The molecular weight excluding hydrogens is 633 g/mol. The zero-order chi connectivity index (χ0) is 35.3. The molecule has 2 atom stereocenters. The van der Waals surface area contributed by atoms with Crippen molar-refractivity contribution in [3.05, 3.63) is 11.1 Å². The molecule has 260 valence electrons. The lowest BCUT2D eigenvalue weighted by molar-refractivity contribution is -0.179. The highest BCUT2D eigenvalue weighted by Gasteiger charge is 2.42. The minimum Gasteiger partial charge on any atom is -0.457 e. The third-order valence-electron chi connectivity index (χ3n) is 7.04. The second-order valence-corrected chi connectivity index (χ2v) is 20.8. The van der Waals surface area contributed by atoms with E-state index >= 15 is 0 Å². The summed E-state index contributed by atoms with van der Waals surface area (Å²) in [4.78, 5) is 60.9. The molecule has 0 unspecified atom stereocenters. The van der Waals surface area contributed by atoms with E-state index in [0.29, 0.717) is 19.7 Å². The topological polar surface area (TPSA) is 179 Å². The van der Waals surface area contributed by atoms with E-state index in [0.717, 1.165) is 11.3 Å². The van der Waals surface area contributed by atoms with Gasteiger partial charge in [-0.3, -0.25) is 14.9 Å². The fraction of sp³-hybridized carbons (Fsp3) is 0.733. The van der Waals surface area contributed by atoms with Crippen molar-refractivity contribution in [3.8, 4) is 0 Å². The summed E-state index contributed by atoms with van der Waals surface area (Å²) in [5.74, 6) is -1.83. The van der Waals surface area contributed by atoms with E-state index in [2.05, 4.69) is 65.3 Å². The first-order valence-corrected chi connectivity index (χ1v) is 19.0. The molecule has 0 radical (unpaired) electrons. The van der Waals surface area contributed by atoms with Gasteiger partial charge in [0.15, 0.2) is 19.2 Å². The van der Waals surface area contributed by atoms with E-state index < -0.39 is 49.1 Å². The molecule has 2 heterocycles. The van der Waals surface area contributed by atoms with Crippen LogP contribution in [-0.2, 0) is 33.1 Å². The maximum absolute atomic E-state index is 13.6. The van der Waals surface area contributed by atoms with Crippen LogP contribution in [0.5, 0.6) is 0 Å². The van der Waals surface area contributed by atoms with Gasteiger partial charge in [-0.15, -0.1) is 11.3 Å². The number of anilines is 1. The Hall–Kier alpha value is -3.08. The first kappa shape index (κ1) is 39.1. The summed E-state index contributed by atoms with van der Waals surface area (Å²) in [5, 5.41) is 17.0. The molecule has 1 aliphatic heterocycles. The summed E-state index contributed by atoms with van der Waals surface area (Å²) in [7, 11) is -1.88. The Morgan fingerprint density at radius 2 is 1.61 bits per heavy atom. The number of hydrogen-bond acceptors (Lipinski definition) is 12. The van der Waals surface area contributed by atoms with E-state index in [1.165, 1.54) is 19.2 Å². The zero-order valence-corrected chi connectivity index (χ0v) is 31.2. The molecule has 2 rings (SSSR count). The predicted molar refractivity (Wildman–Crippen MR) is 179 cm³/mol. The summed E-state index contributed by atoms with van der Waals surface area (Å²) in [5.41, 5.74) is -3.34. The number of nitrogens with zero attached hydrogens (tertiary/aromatic N) is 2. The lowest BCUT2D eigenvalue weighted by atomic mass is 9.98. The number of nitrogens with one attached hydrogen (secondary N) is 4. The lowest BCUT2D eigenvalue weighted by Gasteiger charge is -2.38. The number of oxime groups is 1. The van der Waals surface area contributed by atoms with Crippen molar-refractivity contribution >= 4 is 54.4 Å². The average molecular weight is 685 g/mol. The Kier molecular flexibility index (Phi) is 12.6. The highest BCUT2D eigenvalue weighted by Crippen LogP contribution is 2.36. The van der Waals surface area contributed by atoms with Gasteiger partial charge in [-0.1, -0.05) is 25.9 Å². The van der Waals surface area contributed by atoms with E-state index in [4.69, 9.17) is 18.7 Å². The highest BCUT2D eigenvalue weighted by atomic mass is 32.1. The molecule has 1 fully saturated rings. The number of carbonyl (C=O) groups is 4. The standard InChI is InChI=1S/C30H52N6O8SSi/c1-27(2,3)42-24(39)30(10,11)44-36-21(19-17-45-25(33-19)35-26(40)43-28(4,5)6)23(38)34-20-18(32-22(20)37)16-31-14-15-41-46(12,13)29(7,8)9/h17-18,20,31H,14-16H2,1-13H3,(H,32,37)(H,34,38)(H,33,35,40)/b36-21+/t18-,20+/m1/s1. The number of carbonyl (C=O) groups excluding carboxylic acids is 4. The van der Waals surface area contributed by atoms with Crippen molar-refractivity contribution in [2.45, 2.75) is 123 Å². The van der Waals surface area contributed by atoms with Crippen molar-refractivity contribution in [1.29, 1.82) is 0 Å². The first-order valence-electron chi connectivity index (χ1n) is 15.2.